The van der Waals surface area contributed by atoms with Gasteiger partial charge in [-0.1, -0.05) is 0 Å². The van der Waals surface area contributed by atoms with Gasteiger partial charge < -0.3 is 20.2 Å². The number of hydrogen-bond donors (Lipinski definition) is 4. The Balaban J connectivity index is 0. The molecule has 4 N–H and O–H groups in total. The van der Waals surface area contributed by atoms with E-state index in [1.165, 1.54) is 0 Å². The second kappa shape index (κ2) is 10.9. The molecule has 1 atom stereocenters. The van der Waals surface area contributed by atoms with E-state index in [1.54, 1.807) is 0 Å². The first kappa shape index (κ1) is 11.8. The number of aliphatic hydroxyl groups is 3. The summed E-state index contributed by atoms with van der Waals surface area (Å²) in [4.78, 5) is 7.10. The number of rotatable bonds is 2. The van der Waals surface area contributed by atoms with Crippen LogP contribution in [0.15, 0.2) is 0 Å². The van der Waals surface area contributed by atoms with E-state index < -0.39 is 14.8 Å². The van der Waals surface area contributed by atoms with Crippen LogP contribution in [0, 0.1) is 0 Å². The van der Waals surface area contributed by atoms with E-state index in [0.29, 0.717) is 0 Å². The van der Waals surface area contributed by atoms with Crippen molar-refractivity contribution in [3.05, 3.63) is 0 Å². The molecule has 0 spiro atoms. The summed E-state index contributed by atoms with van der Waals surface area (Å²) in [6.45, 7) is -0.729. The lowest BCUT2D eigenvalue weighted by molar-refractivity contribution is 0.0450. The van der Waals surface area contributed by atoms with Gasteiger partial charge in [-0.3, -0.25) is 4.57 Å². The smallest absolute Gasteiger partial charge is 0.177 e. The molecule has 0 aromatic heterocycles. The van der Waals surface area contributed by atoms with Gasteiger partial charge in [-0.15, -0.1) is 0 Å². The Hall–Kier alpha value is 0.0700. The van der Waals surface area contributed by atoms with Crippen molar-refractivity contribution in [1.82, 2.24) is 0 Å². The van der Waals surface area contributed by atoms with Crippen molar-refractivity contribution in [2.75, 3.05) is 13.2 Å². The van der Waals surface area contributed by atoms with Crippen LogP contribution in [0.4, 0.5) is 0 Å². The van der Waals surface area contributed by atoms with E-state index in [4.69, 9.17) is 24.8 Å². The third-order valence-corrected chi connectivity index (χ3v) is 0.421. The number of hydrogen-bond acceptors (Lipinski definition) is 4. The van der Waals surface area contributed by atoms with Gasteiger partial charge in [-0.2, -0.15) is 0 Å². The Morgan fingerprint density at radius 1 is 1.33 bits per heavy atom. The highest BCUT2D eigenvalue weighted by Crippen LogP contribution is 1.71. The van der Waals surface area contributed by atoms with Gasteiger partial charge in [-0.05, 0) is 0 Å². The van der Waals surface area contributed by atoms with Crippen LogP contribution in [0.1, 0.15) is 0 Å². The SMILES string of the molecule is O=[PH2]O.OCC(O)CO. The van der Waals surface area contributed by atoms with E-state index in [9.17, 15) is 0 Å². The fraction of sp³-hybridized carbons (Fsp3) is 1.00. The maximum absolute atomic E-state index is 8.57. The lowest BCUT2D eigenvalue weighted by Crippen LogP contribution is -2.15. The zero-order chi connectivity index (χ0) is 7.70. The molecule has 0 saturated carbocycles. The maximum atomic E-state index is 8.57. The van der Waals surface area contributed by atoms with Gasteiger partial charge in [0.2, 0.25) is 0 Å². The summed E-state index contributed by atoms with van der Waals surface area (Å²) in [6.07, 6.45) is -0.954. The van der Waals surface area contributed by atoms with Gasteiger partial charge in [0.05, 0.1) is 13.2 Å². The molecule has 0 bridgehead atoms. The monoisotopic (exact) mass is 158 g/mol. The normalized spacial score (nSPS) is 9.89. The predicted octanol–water partition coefficient (Wildman–Crippen LogP) is -2.02. The van der Waals surface area contributed by atoms with Crippen LogP contribution in [0.5, 0.6) is 0 Å². The molecule has 0 aliphatic heterocycles. The molecule has 58 valence electrons. The van der Waals surface area contributed by atoms with Crippen molar-refractivity contribution < 1.29 is 24.8 Å². The zero-order valence-corrected chi connectivity index (χ0v) is 5.92. The van der Waals surface area contributed by atoms with Crippen molar-refractivity contribution in [2.45, 2.75) is 6.10 Å². The first-order valence-electron chi connectivity index (χ1n) is 2.20. The predicted molar refractivity (Wildman–Crippen MR) is 32.8 cm³/mol. The summed E-state index contributed by atoms with van der Waals surface area (Å²) in [5.74, 6) is 0. The Kier molecular flexibility index (Phi) is 14.4. The summed E-state index contributed by atoms with van der Waals surface area (Å²) in [6, 6.07) is 0. The molecule has 0 amide bonds. The molecule has 0 aromatic carbocycles. The molecule has 0 saturated heterocycles. The van der Waals surface area contributed by atoms with E-state index in [2.05, 4.69) is 0 Å². The Morgan fingerprint density at radius 2 is 1.56 bits per heavy atom. The summed E-state index contributed by atoms with van der Waals surface area (Å²) < 4.78 is 8.57. The average Bonchev–Trinajstić information content (AvgIpc) is 1.88. The standard InChI is InChI=1S/C3H8O3.H3O2P/c4-1-3(6)2-5;1-3-2/h3-6H,1-2H2;3H2,(H,1,2). The van der Waals surface area contributed by atoms with Crippen molar-refractivity contribution in [3.8, 4) is 0 Å². The largest absolute Gasteiger partial charge is 0.394 e. The molecule has 0 aromatic rings. The van der Waals surface area contributed by atoms with Gasteiger partial charge in [0.15, 0.2) is 8.69 Å². The van der Waals surface area contributed by atoms with Crippen LogP contribution in [-0.4, -0.2) is 39.5 Å². The average molecular weight is 158 g/mol. The highest BCUT2D eigenvalue weighted by Gasteiger charge is 1.93. The second-order valence-corrected chi connectivity index (χ2v) is 1.34. The van der Waals surface area contributed by atoms with Crippen molar-refractivity contribution >= 4 is 8.69 Å². The Morgan fingerprint density at radius 3 is 1.56 bits per heavy atom. The molecule has 5 nitrogen and oxygen atoms in total. The van der Waals surface area contributed by atoms with Gasteiger partial charge in [0.25, 0.3) is 0 Å². The van der Waals surface area contributed by atoms with E-state index in [0.717, 1.165) is 0 Å². The second-order valence-electron chi connectivity index (χ2n) is 1.12. The lowest BCUT2D eigenvalue weighted by atomic mass is 10.4. The molecule has 0 aliphatic carbocycles. The first-order valence-corrected chi connectivity index (χ1v) is 3.19. The van der Waals surface area contributed by atoms with E-state index in [-0.39, 0.29) is 13.2 Å². The van der Waals surface area contributed by atoms with Gasteiger partial charge in [0, 0.05) is 0 Å². The van der Waals surface area contributed by atoms with Crippen LogP contribution in [-0.2, 0) is 4.57 Å². The van der Waals surface area contributed by atoms with Gasteiger partial charge in [-0.25, -0.2) is 0 Å². The highest BCUT2D eigenvalue weighted by atomic mass is 31.1. The minimum absolute atomic E-state index is 0.365. The zero-order valence-electron chi connectivity index (χ0n) is 4.77. The summed E-state index contributed by atoms with van der Waals surface area (Å²) >= 11 is 0. The third-order valence-electron chi connectivity index (χ3n) is 0.421. The minimum Gasteiger partial charge on any atom is -0.394 e. The van der Waals surface area contributed by atoms with Gasteiger partial charge >= 0.3 is 0 Å². The highest BCUT2D eigenvalue weighted by molar-refractivity contribution is 7.16. The van der Waals surface area contributed by atoms with Crippen molar-refractivity contribution in [3.63, 3.8) is 0 Å². The number of aliphatic hydroxyl groups excluding tert-OH is 3. The molecule has 9 heavy (non-hydrogen) atoms. The van der Waals surface area contributed by atoms with Crippen LogP contribution in [0.25, 0.3) is 0 Å². The molecule has 1 unspecified atom stereocenters. The summed E-state index contributed by atoms with van der Waals surface area (Å²) in [7, 11) is -1.50. The third kappa shape index (κ3) is 17.9. The fourth-order valence-electron chi connectivity index (χ4n) is 0.0577. The van der Waals surface area contributed by atoms with Crippen LogP contribution in [0.3, 0.4) is 0 Å². The molecule has 0 fully saturated rings. The van der Waals surface area contributed by atoms with Crippen molar-refractivity contribution in [2.24, 2.45) is 0 Å². The summed E-state index contributed by atoms with van der Waals surface area (Å²) in [5.41, 5.74) is 0. The Labute approximate surface area is 53.9 Å². The molecule has 0 aliphatic rings. The van der Waals surface area contributed by atoms with Gasteiger partial charge in [0.1, 0.15) is 6.10 Å². The van der Waals surface area contributed by atoms with E-state index in [1.807, 2.05) is 0 Å². The molecule has 0 rings (SSSR count). The maximum Gasteiger partial charge on any atom is 0.177 e. The van der Waals surface area contributed by atoms with Crippen LogP contribution >= 0.6 is 8.69 Å². The molecule has 0 radical (unpaired) electrons. The first-order chi connectivity index (χ1) is 4.22. The van der Waals surface area contributed by atoms with E-state index >= 15 is 0 Å². The van der Waals surface area contributed by atoms with Crippen LogP contribution < -0.4 is 0 Å². The molecule has 0 heterocycles. The van der Waals surface area contributed by atoms with Crippen LogP contribution in [0.2, 0.25) is 0 Å². The molecular weight excluding hydrogens is 147 g/mol. The molecular formula is C3H11O5P. The minimum atomic E-state index is -1.50. The van der Waals surface area contributed by atoms with Crippen molar-refractivity contribution in [1.29, 1.82) is 0 Å². The lowest BCUT2D eigenvalue weighted by Gasteiger charge is -1.96. The summed E-state index contributed by atoms with van der Waals surface area (Å²) in [5, 5.41) is 24.0. The fourth-order valence-corrected chi connectivity index (χ4v) is 0.0577. The Bertz CT molecular complexity index is 54.2. The molecule has 6 heteroatoms. The topological polar surface area (TPSA) is 98.0 Å². The quantitative estimate of drug-likeness (QED) is 0.348.